The summed E-state index contributed by atoms with van der Waals surface area (Å²) >= 11 is 0. The van der Waals surface area contributed by atoms with Crippen LogP contribution in [0.15, 0.2) is 55.0 Å². The zero-order chi connectivity index (χ0) is 23.9. The van der Waals surface area contributed by atoms with Crippen LogP contribution in [-0.2, 0) is 9.59 Å². The van der Waals surface area contributed by atoms with Crippen molar-refractivity contribution in [2.45, 2.75) is 31.7 Å². The predicted octanol–water partition coefficient (Wildman–Crippen LogP) is 2.86. The third-order valence-electron chi connectivity index (χ3n) is 6.17. The number of ether oxygens (including phenoxy) is 1. The first kappa shape index (κ1) is 23.3. The average Bonchev–Trinajstić information content (AvgIpc) is 2.86. The van der Waals surface area contributed by atoms with Gasteiger partial charge >= 0.3 is 5.97 Å². The number of benzene rings is 1. The number of hydrogen-bond acceptors (Lipinski definition) is 7. The van der Waals surface area contributed by atoms with E-state index in [1.807, 2.05) is 36.4 Å². The molecule has 3 heterocycles. The van der Waals surface area contributed by atoms with Gasteiger partial charge in [0.2, 0.25) is 5.91 Å². The zero-order valence-corrected chi connectivity index (χ0v) is 18.9. The van der Waals surface area contributed by atoms with Gasteiger partial charge in [-0.3, -0.25) is 14.6 Å². The van der Waals surface area contributed by atoms with Crippen LogP contribution < -0.4 is 20.7 Å². The van der Waals surface area contributed by atoms with Crippen molar-refractivity contribution in [1.82, 2.24) is 15.3 Å². The fraction of sp³-hybridized carbons (Fsp3) is 0.360. The summed E-state index contributed by atoms with van der Waals surface area (Å²) in [6, 6.07) is 10.9. The third-order valence-corrected chi connectivity index (χ3v) is 6.17. The molecule has 178 valence electrons. The van der Waals surface area contributed by atoms with E-state index in [-0.39, 0.29) is 31.3 Å². The van der Waals surface area contributed by atoms with Gasteiger partial charge in [-0.25, -0.2) is 4.98 Å². The molecular weight excluding hydrogens is 434 g/mol. The van der Waals surface area contributed by atoms with Gasteiger partial charge in [0.15, 0.2) is 0 Å². The van der Waals surface area contributed by atoms with Gasteiger partial charge in [-0.15, -0.1) is 0 Å². The molecule has 4 rings (SSSR count). The van der Waals surface area contributed by atoms with Crippen LogP contribution in [0.4, 0.5) is 11.5 Å². The Morgan fingerprint density at radius 1 is 1.15 bits per heavy atom. The van der Waals surface area contributed by atoms with Crippen molar-refractivity contribution < 1.29 is 19.4 Å². The lowest BCUT2D eigenvalue weighted by Gasteiger charge is -2.33. The number of nitrogens with two attached hydrogens (primary N) is 1. The Kier molecular flexibility index (Phi) is 7.41. The van der Waals surface area contributed by atoms with Gasteiger partial charge < -0.3 is 25.8 Å². The highest BCUT2D eigenvalue weighted by Gasteiger charge is 2.27. The second kappa shape index (κ2) is 10.8. The minimum absolute atomic E-state index is 0.0522. The first-order valence-corrected chi connectivity index (χ1v) is 11.4. The molecule has 4 N–H and O–H groups in total. The molecule has 0 radical (unpaired) electrons. The van der Waals surface area contributed by atoms with Gasteiger partial charge in [0.25, 0.3) is 0 Å². The molecule has 9 nitrogen and oxygen atoms in total. The number of carbonyl (C=O) groups excluding carboxylic acids is 1. The van der Waals surface area contributed by atoms with Gasteiger partial charge in [-0.2, -0.15) is 0 Å². The molecule has 1 aromatic carbocycles. The minimum Gasteiger partial charge on any atom is -0.491 e. The van der Waals surface area contributed by atoms with Gasteiger partial charge in [-0.05, 0) is 55.0 Å². The summed E-state index contributed by atoms with van der Waals surface area (Å²) in [5, 5.41) is 13.9. The number of piperidine rings is 1. The van der Waals surface area contributed by atoms with Gasteiger partial charge in [0.05, 0.1) is 6.04 Å². The lowest BCUT2D eigenvalue weighted by Crippen LogP contribution is -2.46. The summed E-state index contributed by atoms with van der Waals surface area (Å²) in [7, 11) is 0. The van der Waals surface area contributed by atoms with Crippen molar-refractivity contribution in [3.63, 3.8) is 0 Å². The quantitative estimate of drug-likeness (QED) is 0.442. The zero-order valence-electron chi connectivity index (χ0n) is 18.9. The first-order valence-electron chi connectivity index (χ1n) is 11.4. The molecule has 1 atom stereocenters. The smallest absolute Gasteiger partial charge is 0.303 e. The second-order valence-electron chi connectivity index (χ2n) is 8.49. The Hall–Kier alpha value is -3.88. The number of aliphatic carboxylic acids is 1. The average molecular weight is 464 g/mol. The van der Waals surface area contributed by atoms with Crippen molar-refractivity contribution in [3.05, 3.63) is 55.0 Å². The SMILES string of the molecule is Nc1nccc2ccc(OC[C@@H](CCC(=O)O)NC(=O)C3CCN(c4ccncc4)CC3)cc12. The fourth-order valence-electron chi connectivity index (χ4n) is 4.23. The molecule has 3 aromatic rings. The van der Waals surface area contributed by atoms with Crippen LogP contribution in [0, 0.1) is 5.92 Å². The number of pyridine rings is 2. The molecule has 0 spiro atoms. The summed E-state index contributed by atoms with van der Waals surface area (Å²) in [5.74, 6) is -0.0732. The van der Waals surface area contributed by atoms with E-state index in [0.29, 0.717) is 11.6 Å². The maximum atomic E-state index is 13.0. The Morgan fingerprint density at radius 2 is 1.91 bits per heavy atom. The maximum Gasteiger partial charge on any atom is 0.303 e. The molecule has 2 aromatic heterocycles. The Bertz CT molecular complexity index is 1130. The molecule has 34 heavy (non-hydrogen) atoms. The fourth-order valence-corrected chi connectivity index (χ4v) is 4.23. The first-order chi connectivity index (χ1) is 16.5. The number of nitrogens with one attached hydrogen (secondary N) is 1. The summed E-state index contributed by atoms with van der Waals surface area (Å²) in [5.41, 5.74) is 7.07. The minimum atomic E-state index is -0.908. The highest BCUT2D eigenvalue weighted by atomic mass is 16.5. The van der Waals surface area contributed by atoms with Crippen LogP contribution in [0.2, 0.25) is 0 Å². The molecule has 1 aliphatic rings. The standard InChI is InChI=1S/C25H29N5O4/c26-24-22-15-21(3-1-17(22)5-12-28-24)34-16-19(2-4-23(31)32)29-25(33)18-8-13-30(14-9-18)20-6-10-27-11-7-20/h1,3,5-7,10-12,15,18-19H,2,4,8-9,13-14,16H2,(H2,26,28)(H,29,33)(H,31,32)/t19-/m1/s1. The van der Waals surface area contributed by atoms with Crippen LogP contribution in [0.1, 0.15) is 25.7 Å². The largest absolute Gasteiger partial charge is 0.491 e. The number of fused-ring (bicyclic) bond motifs is 1. The summed E-state index contributed by atoms with van der Waals surface area (Å²) in [6.45, 7) is 1.73. The molecule has 9 heteroatoms. The Balaban J connectivity index is 1.35. The number of carboxylic acid groups (broad SMARTS) is 1. The van der Waals surface area contributed by atoms with Crippen LogP contribution in [0.5, 0.6) is 5.75 Å². The van der Waals surface area contributed by atoms with Crippen molar-refractivity contribution >= 4 is 34.2 Å². The number of carbonyl (C=O) groups is 2. The predicted molar refractivity (Wildman–Crippen MR) is 130 cm³/mol. The normalized spacial score (nSPS) is 15.1. The molecule has 1 aliphatic heterocycles. The van der Waals surface area contributed by atoms with E-state index in [9.17, 15) is 9.59 Å². The molecule has 1 saturated heterocycles. The molecule has 1 fully saturated rings. The van der Waals surface area contributed by atoms with Crippen molar-refractivity contribution in [2.75, 3.05) is 30.3 Å². The van der Waals surface area contributed by atoms with Crippen LogP contribution >= 0.6 is 0 Å². The molecule has 1 amide bonds. The van der Waals surface area contributed by atoms with E-state index in [1.165, 1.54) is 0 Å². The highest BCUT2D eigenvalue weighted by Crippen LogP contribution is 2.25. The van der Waals surface area contributed by atoms with E-state index < -0.39 is 12.0 Å². The number of hydrogen-bond donors (Lipinski definition) is 3. The number of carboxylic acids is 1. The molecule has 0 unspecified atom stereocenters. The van der Waals surface area contributed by atoms with Crippen molar-refractivity contribution in [1.29, 1.82) is 0 Å². The highest BCUT2D eigenvalue weighted by molar-refractivity contribution is 5.91. The lowest BCUT2D eigenvalue weighted by molar-refractivity contribution is -0.137. The van der Waals surface area contributed by atoms with Gasteiger partial charge in [-0.1, -0.05) is 6.07 Å². The number of nitrogen functional groups attached to an aromatic ring is 1. The summed E-state index contributed by atoms with van der Waals surface area (Å²) in [4.78, 5) is 34.5. The summed E-state index contributed by atoms with van der Waals surface area (Å²) < 4.78 is 5.92. The van der Waals surface area contributed by atoms with Crippen LogP contribution in [0.25, 0.3) is 10.8 Å². The van der Waals surface area contributed by atoms with E-state index in [1.54, 1.807) is 18.6 Å². The number of amides is 1. The third kappa shape index (κ3) is 5.92. The van der Waals surface area contributed by atoms with E-state index in [0.717, 1.165) is 42.4 Å². The van der Waals surface area contributed by atoms with E-state index in [2.05, 4.69) is 20.2 Å². The number of anilines is 2. The molecule has 0 aliphatic carbocycles. The summed E-state index contributed by atoms with van der Waals surface area (Å²) in [6.07, 6.45) is 6.88. The molecular formula is C25H29N5O4. The monoisotopic (exact) mass is 463 g/mol. The van der Waals surface area contributed by atoms with E-state index in [4.69, 9.17) is 15.6 Å². The molecule has 0 bridgehead atoms. The van der Waals surface area contributed by atoms with Gasteiger partial charge in [0, 0.05) is 55.1 Å². The van der Waals surface area contributed by atoms with Crippen molar-refractivity contribution in [2.24, 2.45) is 5.92 Å². The number of nitrogens with zero attached hydrogens (tertiary/aromatic N) is 3. The number of aromatic nitrogens is 2. The topological polar surface area (TPSA) is 131 Å². The van der Waals surface area contributed by atoms with E-state index >= 15 is 0 Å². The lowest BCUT2D eigenvalue weighted by atomic mass is 9.95. The van der Waals surface area contributed by atoms with Crippen LogP contribution in [-0.4, -0.2) is 52.7 Å². The maximum absolute atomic E-state index is 13.0. The van der Waals surface area contributed by atoms with Gasteiger partial charge in [0.1, 0.15) is 18.2 Å². The molecule has 0 saturated carbocycles. The van der Waals surface area contributed by atoms with Crippen molar-refractivity contribution in [3.8, 4) is 5.75 Å². The Morgan fingerprint density at radius 3 is 2.65 bits per heavy atom. The second-order valence-corrected chi connectivity index (χ2v) is 8.49. The Labute approximate surface area is 197 Å². The number of rotatable bonds is 9. The van der Waals surface area contributed by atoms with Crippen LogP contribution in [0.3, 0.4) is 0 Å².